The number of hydrogen-bond acceptors (Lipinski definition) is 8. The fraction of sp³-hybridized carbons (Fsp3) is 0. The molecular weight excluding hydrogens is 582 g/mol. The van der Waals surface area contributed by atoms with Gasteiger partial charge in [-0.25, -0.2) is 0 Å². The third kappa shape index (κ3) is 5.35. The minimum atomic E-state index is -0.758. The molecule has 9 nitrogen and oxygen atoms in total. The average Bonchev–Trinajstić information content (AvgIpc) is 3.08. The molecule has 176 valence electrons. The highest BCUT2D eigenvalue weighted by Gasteiger charge is 2.33. The zero-order valence-electron chi connectivity index (χ0n) is 17.2. The number of ether oxygens (including phenoxy) is 1. The van der Waals surface area contributed by atoms with Crippen molar-refractivity contribution in [3.63, 3.8) is 0 Å². The molecule has 0 atom stereocenters. The lowest BCUT2D eigenvalue weighted by molar-refractivity contribution is -0.394. The zero-order chi connectivity index (χ0) is 25.3. The number of hydrogen-bond donors (Lipinski definition) is 0. The third-order valence-corrected chi connectivity index (χ3v) is 7.22. The maximum atomic E-state index is 13.0. The molecule has 0 N–H and O–H groups in total. The van der Waals surface area contributed by atoms with Crippen LogP contribution >= 0.6 is 51.5 Å². The summed E-state index contributed by atoms with van der Waals surface area (Å²) in [6.45, 7) is 0. The van der Waals surface area contributed by atoms with E-state index in [1.165, 1.54) is 4.90 Å². The van der Waals surface area contributed by atoms with Gasteiger partial charge in [0.1, 0.15) is 5.75 Å². The van der Waals surface area contributed by atoms with Crippen molar-refractivity contribution < 1.29 is 19.4 Å². The van der Waals surface area contributed by atoms with Crippen molar-refractivity contribution in [2.75, 3.05) is 4.90 Å². The summed E-state index contributed by atoms with van der Waals surface area (Å²) in [6, 6.07) is 14.7. The second-order valence-electron chi connectivity index (χ2n) is 6.96. The molecule has 0 saturated carbocycles. The van der Waals surface area contributed by atoms with Crippen LogP contribution in [0.3, 0.4) is 0 Å². The molecule has 1 fully saturated rings. The van der Waals surface area contributed by atoms with Crippen LogP contribution in [0.25, 0.3) is 6.08 Å². The number of halogens is 2. The molecule has 0 unspecified atom stereocenters. The number of non-ortho nitro benzene ring substituents is 1. The topological polar surface area (TPSA) is 116 Å². The van der Waals surface area contributed by atoms with Gasteiger partial charge in [0.25, 0.3) is 11.6 Å². The molecule has 0 radical (unpaired) electrons. The van der Waals surface area contributed by atoms with Gasteiger partial charge in [0.05, 0.1) is 31.5 Å². The smallest absolute Gasteiger partial charge is 0.318 e. The largest absolute Gasteiger partial charge is 0.450 e. The van der Waals surface area contributed by atoms with Crippen LogP contribution in [0, 0.1) is 20.2 Å². The lowest BCUT2D eigenvalue weighted by atomic mass is 10.2. The first kappa shape index (κ1) is 24.8. The summed E-state index contributed by atoms with van der Waals surface area (Å²) in [7, 11) is 0. The van der Waals surface area contributed by atoms with Crippen molar-refractivity contribution in [2.45, 2.75) is 0 Å². The predicted octanol–water partition coefficient (Wildman–Crippen LogP) is 7.12. The van der Waals surface area contributed by atoms with Crippen molar-refractivity contribution in [2.24, 2.45) is 0 Å². The molecule has 0 aliphatic carbocycles. The van der Waals surface area contributed by atoms with Crippen molar-refractivity contribution in [3.05, 3.63) is 101 Å². The fourth-order valence-electron chi connectivity index (χ4n) is 3.11. The summed E-state index contributed by atoms with van der Waals surface area (Å²) in [5, 5.41) is 22.7. The summed E-state index contributed by atoms with van der Waals surface area (Å²) in [4.78, 5) is 35.6. The molecule has 0 bridgehead atoms. The van der Waals surface area contributed by atoms with E-state index in [1.54, 1.807) is 48.5 Å². The molecule has 1 aliphatic rings. The van der Waals surface area contributed by atoms with Gasteiger partial charge in [-0.15, -0.1) is 0 Å². The van der Waals surface area contributed by atoms with Gasteiger partial charge in [-0.1, -0.05) is 47.7 Å². The van der Waals surface area contributed by atoms with Crippen molar-refractivity contribution >= 4 is 84.9 Å². The number of thiocarbonyl (C=S) groups is 1. The van der Waals surface area contributed by atoms with Gasteiger partial charge in [0.15, 0.2) is 4.32 Å². The number of carbonyl (C=O) groups is 1. The Morgan fingerprint density at radius 1 is 1.06 bits per heavy atom. The number of rotatable bonds is 6. The van der Waals surface area contributed by atoms with Crippen LogP contribution in [0.5, 0.6) is 11.5 Å². The number of nitro benzene ring substituents is 2. The van der Waals surface area contributed by atoms with Crippen LogP contribution in [0.1, 0.15) is 5.56 Å². The normalized spacial score (nSPS) is 14.5. The first-order valence-electron chi connectivity index (χ1n) is 9.58. The fourth-order valence-corrected chi connectivity index (χ4v) is 4.83. The number of thioether (sulfide) groups is 1. The lowest BCUT2D eigenvalue weighted by Crippen LogP contribution is -2.27. The minimum absolute atomic E-state index is 0.156. The van der Waals surface area contributed by atoms with Crippen molar-refractivity contribution in [1.82, 2.24) is 0 Å². The first-order valence-corrected chi connectivity index (χ1v) is 12.0. The molecule has 3 aromatic carbocycles. The van der Waals surface area contributed by atoms with Crippen LogP contribution in [-0.2, 0) is 4.79 Å². The first-order chi connectivity index (χ1) is 16.6. The van der Waals surface area contributed by atoms with E-state index in [0.717, 1.165) is 30.0 Å². The number of anilines is 1. The summed E-state index contributed by atoms with van der Waals surface area (Å²) >= 11 is 16.0. The van der Waals surface area contributed by atoms with Crippen LogP contribution in [0.2, 0.25) is 5.02 Å². The molecule has 0 aromatic heterocycles. The number of carbonyl (C=O) groups excluding carboxylic acids is 1. The van der Waals surface area contributed by atoms with Gasteiger partial charge in [-0.2, -0.15) is 0 Å². The summed E-state index contributed by atoms with van der Waals surface area (Å²) < 4.78 is 6.66. The van der Waals surface area contributed by atoms with Gasteiger partial charge >= 0.3 is 5.69 Å². The monoisotopic (exact) mass is 591 g/mol. The van der Waals surface area contributed by atoms with Gasteiger partial charge in [0, 0.05) is 10.5 Å². The standard InChI is InChI=1S/C22H11BrClN3O6S2/c23-16-6-4-13(10-17(16)24)25-21(28)20(35-22(25)34)9-12-2-1-3-15(8-12)33-19-7-5-14(26(29)30)11-18(19)27(31)32/h1-11H/b20-9+. The Morgan fingerprint density at radius 3 is 2.51 bits per heavy atom. The molecule has 13 heteroatoms. The molecule has 1 amide bonds. The van der Waals surface area contributed by atoms with Crippen LogP contribution in [0.4, 0.5) is 17.1 Å². The Balaban J connectivity index is 1.60. The SMILES string of the molecule is O=C1/C(=C\c2cccc(Oc3ccc([N+](=O)[O-])cc3[N+](=O)[O-])c2)SC(=S)N1c1ccc(Br)c(Cl)c1. The highest BCUT2D eigenvalue weighted by Crippen LogP contribution is 2.39. The number of nitro groups is 2. The molecule has 1 saturated heterocycles. The Morgan fingerprint density at radius 2 is 1.83 bits per heavy atom. The van der Waals surface area contributed by atoms with E-state index in [9.17, 15) is 25.0 Å². The maximum Gasteiger partial charge on any atom is 0.318 e. The van der Waals surface area contributed by atoms with Crippen LogP contribution in [-0.4, -0.2) is 20.1 Å². The summed E-state index contributed by atoms with van der Waals surface area (Å²) in [5.41, 5.74) is 0.151. The van der Waals surface area contributed by atoms with Crippen molar-refractivity contribution in [1.29, 1.82) is 0 Å². The number of amides is 1. The molecule has 4 rings (SSSR count). The molecule has 35 heavy (non-hydrogen) atoms. The van der Waals surface area contributed by atoms with Crippen LogP contribution < -0.4 is 9.64 Å². The Bertz CT molecular complexity index is 1450. The molecular formula is C22H11BrClN3O6S2. The average molecular weight is 593 g/mol. The van der Waals surface area contributed by atoms with E-state index in [2.05, 4.69) is 15.9 Å². The zero-order valence-corrected chi connectivity index (χ0v) is 21.2. The van der Waals surface area contributed by atoms with E-state index in [1.807, 2.05) is 0 Å². The Hall–Kier alpha value is -3.32. The highest BCUT2D eigenvalue weighted by molar-refractivity contribution is 9.10. The minimum Gasteiger partial charge on any atom is -0.450 e. The molecule has 1 aliphatic heterocycles. The van der Waals surface area contributed by atoms with Gasteiger partial charge < -0.3 is 4.74 Å². The maximum absolute atomic E-state index is 13.0. The summed E-state index contributed by atoms with van der Waals surface area (Å²) in [6.07, 6.45) is 1.62. The Labute approximate surface area is 220 Å². The van der Waals surface area contributed by atoms with E-state index in [0.29, 0.717) is 30.0 Å². The molecule has 3 aromatic rings. The van der Waals surface area contributed by atoms with E-state index >= 15 is 0 Å². The number of benzene rings is 3. The van der Waals surface area contributed by atoms with Gasteiger partial charge in [-0.3, -0.25) is 29.9 Å². The second kappa shape index (κ2) is 10.1. The van der Waals surface area contributed by atoms with Crippen molar-refractivity contribution in [3.8, 4) is 11.5 Å². The van der Waals surface area contributed by atoms with Gasteiger partial charge in [0.2, 0.25) is 5.75 Å². The van der Waals surface area contributed by atoms with E-state index < -0.39 is 21.2 Å². The predicted molar refractivity (Wildman–Crippen MR) is 141 cm³/mol. The quantitative estimate of drug-likeness (QED) is 0.129. The third-order valence-electron chi connectivity index (χ3n) is 4.69. The molecule has 1 heterocycles. The lowest BCUT2D eigenvalue weighted by Gasteiger charge is -2.15. The van der Waals surface area contributed by atoms with E-state index in [4.69, 9.17) is 28.6 Å². The summed E-state index contributed by atoms with van der Waals surface area (Å²) in [5.74, 6) is -0.238. The highest BCUT2D eigenvalue weighted by atomic mass is 79.9. The number of nitrogens with zero attached hydrogens (tertiary/aromatic N) is 3. The van der Waals surface area contributed by atoms with E-state index in [-0.39, 0.29) is 17.4 Å². The van der Waals surface area contributed by atoms with Gasteiger partial charge in [-0.05, 0) is 64.0 Å². The molecule has 0 spiro atoms. The Kier molecular flexibility index (Phi) is 7.17. The van der Waals surface area contributed by atoms with Crippen LogP contribution in [0.15, 0.2) is 70.0 Å². The second-order valence-corrected chi connectivity index (χ2v) is 9.89.